The maximum absolute atomic E-state index is 8.53. The molecule has 0 aliphatic heterocycles. The first-order valence-electron chi connectivity index (χ1n) is 4.16. The van der Waals surface area contributed by atoms with Crippen LogP contribution in [-0.2, 0) is 0 Å². The van der Waals surface area contributed by atoms with Crippen molar-refractivity contribution < 1.29 is 5.21 Å². The van der Waals surface area contributed by atoms with Crippen LogP contribution >= 0.6 is 0 Å². The first-order valence-corrected chi connectivity index (χ1v) is 4.16. The zero-order chi connectivity index (χ0) is 9.52. The number of hydrogen-bond donors (Lipinski definition) is 1. The van der Waals surface area contributed by atoms with E-state index in [1.165, 1.54) is 0 Å². The Labute approximate surface area is 77.4 Å². The van der Waals surface area contributed by atoms with Gasteiger partial charge in [0.15, 0.2) is 0 Å². The molecule has 68 valence electrons. The van der Waals surface area contributed by atoms with Crippen LogP contribution < -0.4 is 0 Å². The molecule has 0 aliphatic carbocycles. The third kappa shape index (κ3) is 3.07. The molecular weight excluding hydrogens is 164 g/mol. The largest absolute Gasteiger partial charge is 0.411 e. The molecule has 3 heteroatoms. The molecule has 0 aliphatic rings. The molecule has 0 unspecified atom stereocenters. The molecule has 3 nitrogen and oxygen atoms in total. The van der Waals surface area contributed by atoms with Gasteiger partial charge in [0.05, 0.1) is 5.71 Å². The van der Waals surface area contributed by atoms with Crippen LogP contribution in [0.1, 0.15) is 18.9 Å². The lowest BCUT2D eigenvalue weighted by molar-refractivity contribution is 0.318. The third-order valence-electron chi connectivity index (χ3n) is 1.64. The predicted molar refractivity (Wildman–Crippen MR) is 52.8 cm³/mol. The number of hydrogen-bond acceptors (Lipinski definition) is 3. The van der Waals surface area contributed by atoms with Gasteiger partial charge in [0.1, 0.15) is 0 Å². The normalized spacial score (nSPS) is 12.2. The summed E-state index contributed by atoms with van der Waals surface area (Å²) in [5.74, 6) is 0. The number of rotatable bonds is 3. The summed E-state index contributed by atoms with van der Waals surface area (Å²) in [4.78, 5) is 3.96. The predicted octanol–water partition coefficient (Wildman–Crippen LogP) is 2.33. The Hall–Kier alpha value is -1.64. The summed E-state index contributed by atoms with van der Waals surface area (Å²) < 4.78 is 0. The first kappa shape index (κ1) is 9.45. The molecule has 1 rings (SSSR count). The lowest BCUT2D eigenvalue weighted by Gasteiger charge is -1.92. The molecule has 1 aromatic heterocycles. The van der Waals surface area contributed by atoms with E-state index in [1.54, 1.807) is 18.5 Å². The molecule has 0 aromatic carbocycles. The van der Waals surface area contributed by atoms with E-state index in [-0.39, 0.29) is 0 Å². The zero-order valence-electron chi connectivity index (χ0n) is 7.51. The Morgan fingerprint density at radius 2 is 2.54 bits per heavy atom. The molecule has 0 fully saturated rings. The Balaban J connectivity index is 2.69. The van der Waals surface area contributed by atoms with Gasteiger partial charge in [-0.2, -0.15) is 0 Å². The molecule has 1 N–H and O–H groups in total. The lowest BCUT2D eigenvalue weighted by atomic mass is 10.2. The van der Waals surface area contributed by atoms with E-state index < -0.39 is 0 Å². The summed E-state index contributed by atoms with van der Waals surface area (Å²) in [5.41, 5.74) is 1.65. The maximum atomic E-state index is 8.53. The summed E-state index contributed by atoms with van der Waals surface area (Å²) in [7, 11) is 0. The van der Waals surface area contributed by atoms with Crippen molar-refractivity contribution in [3.63, 3.8) is 0 Å². The molecule has 13 heavy (non-hydrogen) atoms. The summed E-state index contributed by atoms with van der Waals surface area (Å²) in [6.45, 7) is 1.93. The quantitative estimate of drug-likeness (QED) is 0.436. The van der Waals surface area contributed by atoms with Crippen molar-refractivity contribution in [3.8, 4) is 0 Å². The second-order valence-corrected chi connectivity index (χ2v) is 2.56. The van der Waals surface area contributed by atoms with Crippen LogP contribution in [0.2, 0.25) is 0 Å². The highest BCUT2D eigenvalue weighted by molar-refractivity contribution is 5.97. The fourth-order valence-electron chi connectivity index (χ4n) is 0.889. The van der Waals surface area contributed by atoms with Gasteiger partial charge >= 0.3 is 0 Å². The monoisotopic (exact) mass is 176 g/mol. The van der Waals surface area contributed by atoms with Gasteiger partial charge in [0, 0.05) is 12.4 Å². The first-order chi connectivity index (χ1) is 6.36. The highest BCUT2D eigenvalue weighted by Crippen LogP contribution is 1.99. The number of allylic oxidation sites excluding steroid dienone is 1. The topological polar surface area (TPSA) is 45.5 Å². The van der Waals surface area contributed by atoms with E-state index in [4.69, 9.17) is 5.21 Å². The second-order valence-electron chi connectivity index (χ2n) is 2.56. The fraction of sp³-hybridized carbons (Fsp3) is 0.200. The minimum Gasteiger partial charge on any atom is -0.411 e. The van der Waals surface area contributed by atoms with E-state index in [2.05, 4.69) is 10.1 Å². The summed E-state index contributed by atoms with van der Waals surface area (Å²) in [6, 6.07) is 3.80. The van der Waals surface area contributed by atoms with Gasteiger partial charge in [-0.05, 0) is 24.1 Å². The fourth-order valence-corrected chi connectivity index (χ4v) is 0.889. The van der Waals surface area contributed by atoms with Gasteiger partial charge in [0.25, 0.3) is 0 Å². The molecule has 0 bridgehead atoms. The van der Waals surface area contributed by atoms with Crippen molar-refractivity contribution in [2.24, 2.45) is 5.16 Å². The molecule has 1 heterocycles. The molecule has 1 aromatic rings. The highest BCUT2D eigenvalue weighted by atomic mass is 16.4. The van der Waals surface area contributed by atoms with Crippen LogP contribution in [0.4, 0.5) is 0 Å². The van der Waals surface area contributed by atoms with E-state index in [1.807, 2.05) is 25.1 Å². The lowest BCUT2D eigenvalue weighted by Crippen LogP contribution is -1.88. The SMILES string of the molecule is CCC(/C=C/c1cccnc1)=N\O. The molecule has 0 saturated carbocycles. The van der Waals surface area contributed by atoms with E-state index in [0.717, 1.165) is 5.56 Å². The Kier molecular flexibility index (Phi) is 3.70. The standard InChI is InChI=1S/C10H12N2O/c1-2-10(12-13)6-5-9-4-3-7-11-8-9/h3-8,13H,2H2,1H3/b6-5+,12-10+. The molecule has 0 spiro atoms. The second kappa shape index (κ2) is 5.09. The van der Waals surface area contributed by atoms with Gasteiger partial charge in [-0.3, -0.25) is 4.98 Å². The zero-order valence-corrected chi connectivity index (χ0v) is 7.51. The van der Waals surface area contributed by atoms with Crippen LogP contribution in [0.15, 0.2) is 35.8 Å². The van der Waals surface area contributed by atoms with Crippen molar-refractivity contribution in [2.45, 2.75) is 13.3 Å². The van der Waals surface area contributed by atoms with Crippen LogP contribution in [0, 0.1) is 0 Å². The minimum absolute atomic E-state index is 0.656. The molecule has 0 radical (unpaired) electrons. The summed E-state index contributed by atoms with van der Waals surface area (Å²) >= 11 is 0. The maximum Gasteiger partial charge on any atom is 0.0793 e. The van der Waals surface area contributed by atoms with Gasteiger partial charge in [-0.25, -0.2) is 0 Å². The minimum atomic E-state index is 0.656. The average Bonchev–Trinajstić information content (AvgIpc) is 2.21. The van der Waals surface area contributed by atoms with E-state index in [9.17, 15) is 0 Å². The van der Waals surface area contributed by atoms with Crippen LogP contribution in [0.5, 0.6) is 0 Å². The molecule has 0 saturated heterocycles. The summed E-state index contributed by atoms with van der Waals surface area (Å²) in [5, 5.41) is 11.7. The number of nitrogens with zero attached hydrogens (tertiary/aromatic N) is 2. The number of pyridine rings is 1. The molecule has 0 amide bonds. The molecule has 0 atom stereocenters. The van der Waals surface area contributed by atoms with Crippen molar-refractivity contribution in [1.82, 2.24) is 4.98 Å². The highest BCUT2D eigenvalue weighted by Gasteiger charge is 1.89. The van der Waals surface area contributed by atoms with E-state index in [0.29, 0.717) is 12.1 Å². The van der Waals surface area contributed by atoms with Crippen LogP contribution in [-0.4, -0.2) is 15.9 Å². The van der Waals surface area contributed by atoms with Crippen LogP contribution in [0.3, 0.4) is 0 Å². The third-order valence-corrected chi connectivity index (χ3v) is 1.64. The number of oxime groups is 1. The van der Waals surface area contributed by atoms with Gasteiger partial charge < -0.3 is 5.21 Å². The average molecular weight is 176 g/mol. The van der Waals surface area contributed by atoms with Crippen LogP contribution in [0.25, 0.3) is 6.08 Å². The van der Waals surface area contributed by atoms with Crippen molar-refractivity contribution in [3.05, 3.63) is 36.2 Å². The van der Waals surface area contributed by atoms with Crippen molar-refractivity contribution in [2.75, 3.05) is 0 Å². The van der Waals surface area contributed by atoms with Crippen molar-refractivity contribution in [1.29, 1.82) is 0 Å². The smallest absolute Gasteiger partial charge is 0.0793 e. The number of aromatic nitrogens is 1. The van der Waals surface area contributed by atoms with E-state index >= 15 is 0 Å². The van der Waals surface area contributed by atoms with Gasteiger partial charge in [0.2, 0.25) is 0 Å². The Bertz CT molecular complexity index is 304. The summed E-state index contributed by atoms with van der Waals surface area (Å²) in [6.07, 6.45) is 7.83. The Morgan fingerprint density at radius 1 is 1.69 bits per heavy atom. The van der Waals surface area contributed by atoms with Crippen molar-refractivity contribution >= 4 is 11.8 Å². The van der Waals surface area contributed by atoms with Gasteiger partial charge in [-0.1, -0.05) is 24.2 Å². The van der Waals surface area contributed by atoms with Gasteiger partial charge in [-0.15, -0.1) is 0 Å². The Morgan fingerprint density at radius 3 is 3.08 bits per heavy atom. The molecular formula is C10H12N2O.